The van der Waals surface area contributed by atoms with E-state index in [2.05, 4.69) is 36.4 Å². The summed E-state index contributed by atoms with van der Waals surface area (Å²) in [6.45, 7) is 1.56. The summed E-state index contributed by atoms with van der Waals surface area (Å²) in [5, 5.41) is 0. The Morgan fingerprint density at radius 1 is 0.465 bits per heavy atom. The van der Waals surface area contributed by atoms with Gasteiger partial charge in [0.05, 0.1) is 0 Å². The third-order valence-corrected chi connectivity index (χ3v) is 11.5. The summed E-state index contributed by atoms with van der Waals surface area (Å²) in [5.41, 5.74) is 21.7. The maximum Gasteiger partial charge on any atom is 0.0178 e. The van der Waals surface area contributed by atoms with Crippen molar-refractivity contribution in [1.29, 1.82) is 0 Å². The monoisotopic (exact) mass is 588 g/mol. The maximum absolute atomic E-state index is 6.42. The highest BCUT2D eigenvalue weighted by molar-refractivity contribution is 5.63. The Morgan fingerprint density at radius 2 is 0.837 bits per heavy atom. The fraction of sp³-hybridized carbons (Fsp3) is 0.700. The van der Waals surface area contributed by atoms with Crippen LogP contribution in [0.4, 0.5) is 0 Å². The summed E-state index contributed by atoms with van der Waals surface area (Å²) in [6, 6.07) is 19.2. The summed E-state index contributed by atoms with van der Waals surface area (Å²) in [4.78, 5) is 0. The highest BCUT2D eigenvalue weighted by atomic mass is 14.7. The van der Waals surface area contributed by atoms with Crippen molar-refractivity contribution < 1.29 is 0 Å². The van der Waals surface area contributed by atoms with Gasteiger partial charge in [-0.1, -0.05) is 157 Å². The molecule has 4 fully saturated rings. The number of hydrogen-bond acceptors (Lipinski definition) is 3. The topological polar surface area (TPSA) is 78.1 Å². The second-order valence-electron chi connectivity index (χ2n) is 14.3. The molecule has 240 valence electrons. The van der Waals surface area contributed by atoms with E-state index in [1.807, 2.05) is 18.2 Å². The van der Waals surface area contributed by atoms with Crippen molar-refractivity contribution in [2.45, 2.75) is 141 Å². The van der Waals surface area contributed by atoms with E-state index in [0.29, 0.717) is 12.6 Å². The van der Waals surface area contributed by atoms with Gasteiger partial charge in [-0.3, -0.25) is 0 Å². The molecule has 0 aromatic heterocycles. The average Bonchev–Trinajstić information content (AvgIpc) is 3.11. The first-order valence-corrected chi connectivity index (χ1v) is 18.5. The molecule has 6 N–H and O–H groups in total. The minimum Gasteiger partial charge on any atom is -0.330 e. The van der Waals surface area contributed by atoms with Crippen molar-refractivity contribution in [2.24, 2.45) is 46.8 Å². The van der Waals surface area contributed by atoms with Gasteiger partial charge in [-0.05, 0) is 78.5 Å². The van der Waals surface area contributed by atoms with Gasteiger partial charge >= 0.3 is 0 Å². The van der Waals surface area contributed by atoms with Crippen LogP contribution in [0, 0.1) is 29.6 Å². The van der Waals surface area contributed by atoms with Crippen LogP contribution >= 0.6 is 0 Å². The van der Waals surface area contributed by atoms with Crippen LogP contribution in [0.5, 0.6) is 0 Å². The van der Waals surface area contributed by atoms with Gasteiger partial charge in [0.15, 0.2) is 0 Å². The van der Waals surface area contributed by atoms with Crippen molar-refractivity contribution >= 4 is 0 Å². The molecule has 0 atom stereocenters. The van der Waals surface area contributed by atoms with E-state index < -0.39 is 0 Å². The van der Waals surface area contributed by atoms with E-state index in [1.54, 1.807) is 0 Å². The van der Waals surface area contributed by atoms with Gasteiger partial charge in [-0.15, -0.1) is 0 Å². The molecule has 0 radical (unpaired) electrons. The second kappa shape index (κ2) is 19.7. The largest absolute Gasteiger partial charge is 0.330 e. The number of benzene rings is 2. The van der Waals surface area contributed by atoms with Gasteiger partial charge in [0, 0.05) is 12.6 Å². The fourth-order valence-corrected chi connectivity index (χ4v) is 8.78. The van der Waals surface area contributed by atoms with Crippen LogP contribution in [-0.2, 0) is 6.54 Å². The van der Waals surface area contributed by atoms with Crippen LogP contribution in [0.2, 0.25) is 0 Å². The lowest BCUT2D eigenvalue weighted by Gasteiger charge is -2.37. The molecule has 6 rings (SSSR count). The molecular formula is C40H65N3. The van der Waals surface area contributed by atoms with Crippen molar-refractivity contribution in [3.8, 4) is 11.1 Å². The third-order valence-electron chi connectivity index (χ3n) is 11.5. The molecule has 0 aliphatic heterocycles. The van der Waals surface area contributed by atoms with Gasteiger partial charge in [0.1, 0.15) is 0 Å². The Kier molecular flexibility index (Phi) is 15.6. The molecule has 0 spiro atoms. The predicted molar refractivity (Wildman–Crippen MR) is 187 cm³/mol. The van der Waals surface area contributed by atoms with Crippen molar-refractivity contribution in [2.75, 3.05) is 6.54 Å². The number of nitrogens with two attached hydrogens (primary N) is 3. The van der Waals surface area contributed by atoms with Gasteiger partial charge < -0.3 is 17.2 Å². The molecule has 0 saturated heterocycles. The molecule has 4 aliphatic carbocycles. The molecule has 3 nitrogen and oxygen atoms in total. The van der Waals surface area contributed by atoms with Crippen LogP contribution < -0.4 is 17.2 Å². The Labute approximate surface area is 265 Å². The summed E-state index contributed by atoms with van der Waals surface area (Å²) in [6.07, 6.45) is 29.0. The summed E-state index contributed by atoms with van der Waals surface area (Å²) in [5.74, 6) is 4.56. The standard InChI is InChI=1S/C14H27N.C13H25N.C13H13N/c15-11-14(12-7-3-1-4-8-12)13-9-5-2-6-10-13;14-13(11-7-3-1-4-8-11)12-9-5-2-6-10-12;14-10-11-6-8-13(9-7-11)12-4-2-1-3-5-12/h12-14H,1-11,15H2;11-13H,1-10,14H2;1-9H,10,14H2. The first-order valence-electron chi connectivity index (χ1n) is 18.5. The molecule has 0 amide bonds. The van der Waals surface area contributed by atoms with E-state index in [0.717, 1.165) is 36.1 Å². The van der Waals surface area contributed by atoms with E-state index >= 15 is 0 Å². The normalized spacial score (nSPS) is 21.1. The number of hydrogen-bond donors (Lipinski definition) is 3. The van der Waals surface area contributed by atoms with Gasteiger partial charge in [-0.25, -0.2) is 0 Å². The van der Waals surface area contributed by atoms with Crippen LogP contribution in [0.3, 0.4) is 0 Å². The van der Waals surface area contributed by atoms with Crippen molar-refractivity contribution in [1.82, 2.24) is 0 Å². The Hall–Kier alpha value is -1.68. The summed E-state index contributed by atoms with van der Waals surface area (Å²) >= 11 is 0. The van der Waals surface area contributed by atoms with Gasteiger partial charge in [0.2, 0.25) is 0 Å². The third kappa shape index (κ3) is 11.3. The van der Waals surface area contributed by atoms with E-state index in [4.69, 9.17) is 17.2 Å². The molecule has 4 saturated carbocycles. The average molecular weight is 588 g/mol. The van der Waals surface area contributed by atoms with Crippen molar-refractivity contribution in [3.63, 3.8) is 0 Å². The summed E-state index contributed by atoms with van der Waals surface area (Å²) in [7, 11) is 0. The minimum absolute atomic E-state index is 0.538. The van der Waals surface area contributed by atoms with Gasteiger partial charge in [0.25, 0.3) is 0 Å². The Balaban J connectivity index is 0.000000148. The highest BCUT2D eigenvalue weighted by Gasteiger charge is 2.30. The zero-order valence-corrected chi connectivity index (χ0v) is 27.4. The molecule has 3 heteroatoms. The SMILES string of the molecule is NC(C1CCCCC1)C1CCCCC1.NCC(C1CCCCC1)C1CCCCC1.NCc1ccc(-c2ccccc2)cc1. The molecule has 4 aliphatic rings. The second-order valence-corrected chi connectivity index (χ2v) is 14.3. The van der Waals surface area contributed by atoms with Gasteiger partial charge in [-0.2, -0.15) is 0 Å². The first kappa shape index (κ1) is 34.2. The van der Waals surface area contributed by atoms with E-state index in [1.165, 1.54) is 145 Å². The molecular weight excluding hydrogens is 522 g/mol. The molecule has 2 aromatic rings. The fourth-order valence-electron chi connectivity index (χ4n) is 8.78. The zero-order valence-electron chi connectivity index (χ0n) is 27.4. The minimum atomic E-state index is 0.538. The predicted octanol–water partition coefficient (Wildman–Crippen LogP) is 10.0. The van der Waals surface area contributed by atoms with Crippen LogP contribution in [0.25, 0.3) is 11.1 Å². The number of rotatable bonds is 7. The first-order chi connectivity index (χ1) is 21.2. The molecule has 2 aromatic carbocycles. The van der Waals surface area contributed by atoms with E-state index in [-0.39, 0.29) is 0 Å². The molecule has 0 bridgehead atoms. The lowest BCUT2D eigenvalue weighted by Crippen LogP contribution is -2.39. The lowest BCUT2D eigenvalue weighted by atomic mass is 9.70. The molecule has 0 unspecified atom stereocenters. The quantitative estimate of drug-likeness (QED) is 0.302. The Morgan fingerprint density at radius 3 is 1.21 bits per heavy atom. The highest BCUT2D eigenvalue weighted by Crippen LogP contribution is 2.39. The summed E-state index contributed by atoms with van der Waals surface area (Å²) < 4.78 is 0. The van der Waals surface area contributed by atoms with E-state index in [9.17, 15) is 0 Å². The van der Waals surface area contributed by atoms with Crippen molar-refractivity contribution in [3.05, 3.63) is 60.2 Å². The lowest BCUT2D eigenvalue weighted by molar-refractivity contribution is 0.150. The maximum atomic E-state index is 6.42. The smallest absolute Gasteiger partial charge is 0.0178 e. The Bertz CT molecular complexity index is 913. The van der Waals surface area contributed by atoms with Crippen LogP contribution in [0.15, 0.2) is 54.6 Å². The van der Waals surface area contributed by atoms with Crippen LogP contribution in [-0.4, -0.2) is 12.6 Å². The molecule has 0 heterocycles. The zero-order chi connectivity index (χ0) is 30.1. The molecule has 43 heavy (non-hydrogen) atoms. The van der Waals surface area contributed by atoms with Crippen LogP contribution in [0.1, 0.15) is 134 Å².